The number of nitrogens with one attached hydrogen (secondary N) is 1. The van der Waals surface area contributed by atoms with Gasteiger partial charge in [-0.3, -0.25) is 4.79 Å². The van der Waals surface area contributed by atoms with E-state index in [1.165, 1.54) is 0 Å². The number of carbonyl (C=O) groups is 1. The lowest BCUT2D eigenvalue weighted by Crippen LogP contribution is -2.29. The van der Waals surface area contributed by atoms with Crippen LogP contribution in [-0.2, 0) is 4.74 Å². The SMILES string of the molecule is CO[C@@H](CNC(=O)c1ccccc1SC)c1ccccc1C. The molecular weight excluding hydrogens is 294 g/mol. The normalized spacial score (nSPS) is 12.0. The van der Waals surface area contributed by atoms with E-state index in [-0.39, 0.29) is 12.0 Å². The Morgan fingerprint density at radius 1 is 1.18 bits per heavy atom. The van der Waals surface area contributed by atoms with Gasteiger partial charge in [-0.25, -0.2) is 0 Å². The average molecular weight is 315 g/mol. The molecule has 0 saturated carbocycles. The molecule has 1 amide bonds. The van der Waals surface area contributed by atoms with Crippen molar-refractivity contribution >= 4 is 17.7 Å². The number of benzene rings is 2. The van der Waals surface area contributed by atoms with Gasteiger partial charge in [-0.15, -0.1) is 11.8 Å². The Kier molecular flexibility index (Phi) is 6.04. The molecule has 1 atom stereocenters. The van der Waals surface area contributed by atoms with Crippen molar-refractivity contribution in [2.45, 2.75) is 17.9 Å². The summed E-state index contributed by atoms with van der Waals surface area (Å²) in [6.07, 6.45) is 1.82. The Labute approximate surface area is 136 Å². The van der Waals surface area contributed by atoms with Crippen LogP contribution in [0, 0.1) is 6.92 Å². The third-order valence-electron chi connectivity index (χ3n) is 3.62. The molecule has 116 valence electrons. The molecule has 4 heteroatoms. The van der Waals surface area contributed by atoms with Crippen molar-refractivity contribution in [3.05, 3.63) is 65.2 Å². The van der Waals surface area contributed by atoms with Gasteiger partial charge < -0.3 is 10.1 Å². The van der Waals surface area contributed by atoms with E-state index in [2.05, 4.69) is 5.32 Å². The Balaban J connectivity index is 2.08. The summed E-state index contributed by atoms with van der Waals surface area (Å²) < 4.78 is 5.54. The van der Waals surface area contributed by atoms with Crippen LogP contribution in [0.4, 0.5) is 0 Å². The summed E-state index contributed by atoms with van der Waals surface area (Å²) in [5.74, 6) is -0.0689. The van der Waals surface area contributed by atoms with E-state index in [4.69, 9.17) is 4.74 Å². The number of methoxy groups -OCH3 is 1. The second kappa shape index (κ2) is 8.01. The lowest BCUT2D eigenvalue weighted by Gasteiger charge is -2.19. The quantitative estimate of drug-likeness (QED) is 0.823. The number of carbonyl (C=O) groups excluding carboxylic acids is 1. The predicted molar refractivity (Wildman–Crippen MR) is 91.5 cm³/mol. The van der Waals surface area contributed by atoms with Crippen molar-refractivity contribution in [2.75, 3.05) is 19.9 Å². The van der Waals surface area contributed by atoms with Crippen molar-refractivity contribution in [3.8, 4) is 0 Å². The Hall–Kier alpha value is -1.78. The molecule has 0 aliphatic heterocycles. The number of ether oxygens (including phenoxy) is 1. The van der Waals surface area contributed by atoms with Gasteiger partial charge in [0.1, 0.15) is 0 Å². The van der Waals surface area contributed by atoms with Crippen molar-refractivity contribution in [3.63, 3.8) is 0 Å². The lowest BCUT2D eigenvalue weighted by atomic mass is 10.0. The summed E-state index contributed by atoms with van der Waals surface area (Å²) in [5, 5.41) is 2.97. The largest absolute Gasteiger partial charge is 0.375 e. The Morgan fingerprint density at radius 2 is 1.86 bits per heavy atom. The van der Waals surface area contributed by atoms with Gasteiger partial charge in [0.2, 0.25) is 0 Å². The summed E-state index contributed by atoms with van der Waals surface area (Å²) in [5.41, 5.74) is 2.96. The van der Waals surface area contributed by atoms with E-state index in [1.807, 2.05) is 61.7 Å². The minimum Gasteiger partial charge on any atom is -0.375 e. The number of rotatable bonds is 6. The highest BCUT2D eigenvalue weighted by atomic mass is 32.2. The minimum atomic E-state index is -0.147. The zero-order valence-electron chi connectivity index (χ0n) is 13.1. The molecule has 0 bridgehead atoms. The molecule has 0 fully saturated rings. The molecule has 0 radical (unpaired) electrons. The predicted octanol–water partition coefficient (Wildman–Crippen LogP) is 3.83. The standard InChI is InChI=1S/C18H21NO2S/c1-13-8-4-5-9-14(13)16(21-2)12-19-18(20)15-10-6-7-11-17(15)22-3/h4-11,16H,12H2,1-3H3,(H,19,20)/t16-/m0/s1. The highest BCUT2D eigenvalue weighted by Gasteiger charge is 2.16. The summed E-state index contributed by atoms with van der Waals surface area (Å²) >= 11 is 1.57. The molecule has 0 aromatic heterocycles. The van der Waals surface area contributed by atoms with Crippen LogP contribution in [0.2, 0.25) is 0 Å². The van der Waals surface area contributed by atoms with Crippen molar-refractivity contribution < 1.29 is 9.53 Å². The second-order valence-corrected chi connectivity index (χ2v) is 5.84. The maximum Gasteiger partial charge on any atom is 0.252 e. The van der Waals surface area contributed by atoms with Gasteiger partial charge in [-0.1, -0.05) is 36.4 Å². The van der Waals surface area contributed by atoms with E-state index >= 15 is 0 Å². The average Bonchev–Trinajstić information content (AvgIpc) is 2.56. The molecule has 0 saturated heterocycles. The first-order chi connectivity index (χ1) is 10.7. The van der Waals surface area contributed by atoms with Gasteiger partial charge in [0.15, 0.2) is 0 Å². The van der Waals surface area contributed by atoms with Crippen LogP contribution in [0.3, 0.4) is 0 Å². The van der Waals surface area contributed by atoms with E-state index in [9.17, 15) is 4.79 Å². The maximum atomic E-state index is 12.4. The van der Waals surface area contributed by atoms with Gasteiger partial charge in [0.25, 0.3) is 5.91 Å². The van der Waals surface area contributed by atoms with Crippen LogP contribution in [-0.4, -0.2) is 25.8 Å². The zero-order valence-corrected chi connectivity index (χ0v) is 13.9. The topological polar surface area (TPSA) is 38.3 Å². The molecule has 0 unspecified atom stereocenters. The summed E-state index contributed by atoms with van der Waals surface area (Å²) in [7, 11) is 1.67. The molecule has 2 rings (SSSR count). The third kappa shape index (κ3) is 3.90. The van der Waals surface area contributed by atoms with E-state index in [0.717, 1.165) is 16.0 Å². The third-order valence-corrected chi connectivity index (χ3v) is 4.42. The number of amides is 1. The van der Waals surface area contributed by atoms with Gasteiger partial charge in [-0.2, -0.15) is 0 Å². The van der Waals surface area contributed by atoms with Crippen LogP contribution >= 0.6 is 11.8 Å². The van der Waals surface area contributed by atoms with Crippen molar-refractivity contribution in [1.29, 1.82) is 0 Å². The molecule has 0 aliphatic carbocycles. The Bertz CT molecular complexity index is 642. The van der Waals surface area contributed by atoms with Crippen LogP contribution in [0.5, 0.6) is 0 Å². The highest BCUT2D eigenvalue weighted by Crippen LogP contribution is 2.21. The van der Waals surface area contributed by atoms with Crippen molar-refractivity contribution in [2.24, 2.45) is 0 Å². The summed E-state index contributed by atoms with van der Waals surface area (Å²) in [6, 6.07) is 15.7. The summed E-state index contributed by atoms with van der Waals surface area (Å²) in [4.78, 5) is 13.4. The molecule has 2 aromatic carbocycles. The van der Waals surface area contributed by atoms with E-state index < -0.39 is 0 Å². The molecular formula is C18H21NO2S. The van der Waals surface area contributed by atoms with Gasteiger partial charge in [0, 0.05) is 18.6 Å². The number of hydrogen-bond donors (Lipinski definition) is 1. The maximum absolute atomic E-state index is 12.4. The molecule has 1 N–H and O–H groups in total. The monoisotopic (exact) mass is 315 g/mol. The molecule has 0 heterocycles. The van der Waals surface area contributed by atoms with Crippen LogP contribution in [0.15, 0.2) is 53.4 Å². The molecule has 3 nitrogen and oxygen atoms in total. The first-order valence-corrected chi connectivity index (χ1v) is 8.39. The van der Waals surface area contributed by atoms with E-state index in [0.29, 0.717) is 12.1 Å². The van der Waals surface area contributed by atoms with Crippen LogP contribution in [0.25, 0.3) is 0 Å². The van der Waals surface area contributed by atoms with Crippen LogP contribution < -0.4 is 5.32 Å². The molecule has 2 aromatic rings. The van der Waals surface area contributed by atoms with Gasteiger partial charge in [0.05, 0.1) is 11.7 Å². The first kappa shape index (κ1) is 16.6. The lowest BCUT2D eigenvalue weighted by molar-refractivity contribution is 0.0824. The number of thioether (sulfide) groups is 1. The second-order valence-electron chi connectivity index (χ2n) is 4.99. The fourth-order valence-electron chi connectivity index (χ4n) is 2.38. The highest BCUT2D eigenvalue weighted by molar-refractivity contribution is 7.98. The first-order valence-electron chi connectivity index (χ1n) is 7.17. The fourth-order valence-corrected chi connectivity index (χ4v) is 2.98. The smallest absolute Gasteiger partial charge is 0.252 e. The minimum absolute atomic E-state index is 0.0689. The van der Waals surface area contributed by atoms with Crippen molar-refractivity contribution in [1.82, 2.24) is 5.32 Å². The molecule has 22 heavy (non-hydrogen) atoms. The Morgan fingerprint density at radius 3 is 2.55 bits per heavy atom. The van der Waals surface area contributed by atoms with Gasteiger partial charge >= 0.3 is 0 Å². The summed E-state index contributed by atoms with van der Waals surface area (Å²) in [6.45, 7) is 2.50. The van der Waals surface area contributed by atoms with Crippen LogP contribution in [0.1, 0.15) is 27.6 Å². The number of hydrogen-bond acceptors (Lipinski definition) is 3. The molecule has 0 spiro atoms. The number of aryl methyl sites for hydroxylation is 1. The van der Waals surface area contributed by atoms with E-state index in [1.54, 1.807) is 18.9 Å². The van der Waals surface area contributed by atoms with Gasteiger partial charge in [-0.05, 0) is 36.4 Å². The zero-order chi connectivity index (χ0) is 15.9. The molecule has 0 aliphatic rings. The fraction of sp³-hybridized carbons (Fsp3) is 0.278.